The SMILES string of the molecule is C=CC(=O)OCCNC(=O)OC(COc1cccc(-c2ccccc2)c1)CSCCCSCC(COc1cccc(-c2ccccc2)c1)OC(=O)NCCOC(=O)C=C. The second kappa shape index (κ2) is 26.9. The molecule has 0 saturated carbocycles. The Balaban J connectivity index is 1.26. The van der Waals surface area contributed by atoms with Gasteiger partial charge in [-0.15, -0.1) is 0 Å². The van der Waals surface area contributed by atoms with Gasteiger partial charge >= 0.3 is 24.1 Å². The summed E-state index contributed by atoms with van der Waals surface area (Å²) in [5.41, 5.74) is 4.12. The van der Waals surface area contributed by atoms with E-state index in [1.165, 1.54) is 0 Å². The van der Waals surface area contributed by atoms with Crippen LogP contribution in [0.5, 0.6) is 11.5 Å². The summed E-state index contributed by atoms with van der Waals surface area (Å²) in [6, 6.07) is 35.4. The summed E-state index contributed by atoms with van der Waals surface area (Å²) in [7, 11) is 0. The van der Waals surface area contributed by atoms with Gasteiger partial charge in [-0.2, -0.15) is 23.5 Å². The van der Waals surface area contributed by atoms with E-state index in [0.717, 1.165) is 52.3 Å². The van der Waals surface area contributed by atoms with Gasteiger partial charge in [-0.25, -0.2) is 19.2 Å². The highest BCUT2D eigenvalue weighted by molar-refractivity contribution is 8.00. The second-order valence-corrected chi connectivity index (χ2v) is 14.9. The topological polar surface area (TPSA) is 148 Å². The fourth-order valence-electron chi connectivity index (χ4n) is 5.21. The third kappa shape index (κ3) is 18.5. The van der Waals surface area contributed by atoms with Crippen molar-refractivity contribution in [3.05, 3.63) is 135 Å². The number of carbonyl (C=O) groups is 4. The van der Waals surface area contributed by atoms with Crippen molar-refractivity contribution in [1.82, 2.24) is 10.6 Å². The first-order valence-corrected chi connectivity index (χ1v) is 21.3. The summed E-state index contributed by atoms with van der Waals surface area (Å²) in [6.45, 7) is 7.10. The Bertz CT molecular complexity index is 1780. The van der Waals surface area contributed by atoms with Gasteiger partial charge in [0.15, 0.2) is 0 Å². The first-order chi connectivity index (χ1) is 28.8. The van der Waals surface area contributed by atoms with E-state index < -0.39 is 36.3 Å². The van der Waals surface area contributed by atoms with Crippen LogP contribution in [-0.4, -0.2) is 98.9 Å². The lowest BCUT2D eigenvalue weighted by atomic mass is 10.1. The lowest BCUT2D eigenvalue weighted by Crippen LogP contribution is -2.35. The van der Waals surface area contributed by atoms with Crippen LogP contribution in [0.4, 0.5) is 9.59 Å². The maximum atomic E-state index is 12.6. The number of hydrogen-bond acceptors (Lipinski definition) is 12. The van der Waals surface area contributed by atoms with Gasteiger partial charge in [0.05, 0.1) is 13.1 Å². The van der Waals surface area contributed by atoms with Crippen LogP contribution < -0.4 is 20.1 Å². The Kier molecular flexibility index (Phi) is 20.9. The zero-order valence-corrected chi connectivity index (χ0v) is 34.4. The van der Waals surface area contributed by atoms with Gasteiger partial charge in [0.1, 0.15) is 50.1 Å². The molecule has 0 aliphatic carbocycles. The molecule has 0 fully saturated rings. The Labute approximate surface area is 354 Å². The summed E-state index contributed by atoms with van der Waals surface area (Å²) in [5.74, 6) is 2.64. The van der Waals surface area contributed by atoms with E-state index in [4.69, 9.17) is 28.4 Å². The van der Waals surface area contributed by atoms with Crippen LogP contribution >= 0.6 is 23.5 Å². The second-order valence-electron chi connectivity index (χ2n) is 12.6. The van der Waals surface area contributed by atoms with Gasteiger partial charge in [0.2, 0.25) is 0 Å². The number of benzene rings is 4. The van der Waals surface area contributed by atoms with E-state index in [2.05, 4.69) is 23.8 Å². The maximum absolute atomic E-state index is 12.6. The predicted molar refractivity (Wildman–Crippen MR) is 233 cm³/mol. The van der Waals surface area contributed by atoms with Crippen molar-refractivity contribution >= 4 is 47.6 Å². The number of alkyl carbamates (subject to hydrolysis) is 2. The molecule has 2 N–H and O–H groups in total. The van der Waals surface area contributed by atoms with Gasteiger partial charge < -0.3 is 39.1 Å². The summed E-state index contributed by atoms with van der Waals surface area (Å²) in [4.78, 5) is 47.9. The van der Waals surface area contributed by atoms with Crippen LogP contribution in [0.2, 0.25) is 0 Å². The molecule has 2 unspecified atom stereocenters. The molecule has 12 nitrogen and oxygen atoms in total. The van der Waals surface area contributed by atoms with E-state index in [0.29, 0.717) is 23.0 Å². The molecule has 0 spiro atoms. The Morgan fingerprint density at radius 2 is 0.966 bits per heavy atom. The van der Waals surface area contributed by atoms with Crippen molar-refractivity contribution in [2.75, 3.05) is 62.5 Å². The average Bonchev–Trinajstić information content (AvgIpc) is 3.27. The Hall–Kier alpha value is -5.86. The molecular formula is C45H50N2O10S2. The smallest absolute Gasteiger partial charge is 0.407 e. The van der Waals surface area contributed by atoms with Gasteiger partial charge in [-0.1, -0.05) is 98.1 Å². The number of esters is 2. The van der Waals surface area contributed by atoms with Crippen molar-refractivity contribution < 1.29 is 47.6 Å². The van der Waals surface area contributed by atoms with Crippen LogP contribution in [0.25, 0.3) is 22.3 Å². The molecule has 0 aromatic heterocycles. The zero-order valence-electron chi connectivity index (χ0n) is 32.8. The number of ether oxygens (including phenoxy) is 6. The quantitative estimate of drug-likeness (QED) is 0.0273. The minimum Gasteiger partial charge on any atom is -0.490 e. The van der Waals surface area contributed by atoms with Crippen LogP contribution in [0.1, 0.15) is 6.42 Å². The number of thioether (sulfide) groups is 2. The van der Waals surface area contributed by atoms with Gasteiger partial charge in [0, 0.05) is 23.7 Å². The molecule has 0 saturated heterocycles. The minimum atomic E-state index is -0.649. The van der Waals surface area contributed by atoms with Gasteiger partial charge in [-0.05, 0) is 64.4 Å². The Morgan fingerprint density at radius 3 is 1.37 bits per heavy atom. The highest BCUT2D eigenvalue weighted by Crippen LogP contribution is 2.25. The highest BCUT2D eigenvalue weighted by Gasteiger charge is 2.18. The van der Waals surface area contributed by atoms with Crippen molar-refractivity contribution in [3.63, 3.8) is 0 Å². The lowest BCUT2D eigenvalue weighted by molar-refractivity contribution is -0.138. The van der Waals surface area contributed by atoms with E-state index in [1.54, 1.807) is 23.5 Å². The number of nitrogens with one attached hydrogen (secondary N) is 2. The molecule has 2 atom stereocenters. The van der Waals surface area contributed by atoms with Crippen molar-refractivity contribution in [2.45, 2.75) is 18.6 Å². The monoisotopic (exact) mass is 842 g/mol. The molecule has 2 amide bonds. The van der Waals surface area contributed by atoms with Crippen LogP contribution in [0.3, 0.4) is 0 Å². The standard InChI is InChI=1S/C45H50N2O10S2/c1-3-42(48)52-24-22-46-44(50)56-40(30-54-38-20-11-18-36(28-38)34-14-7-5-8-15-34)32-58-26-13-27-59-33-41(57-45(51)47-23-25-53-43(49)4-2)31-55-39-21-12-19-37(29-39)35-16-9-6-10-17-35/h3-12,14-21,28-29,40-41H,1-2,13,22-27,30-33H2,(H,46,50)(H,47,51). The van der Waals surface area contributed by atoms with Crippen molar-refractivity contribution in [1.29, 1.82) is 0 Å². The summed E-state index contributed by atoms with van der Waals surface area (Å²) in [6.07, 6.45) is 0.495. The van der Waals surface area contributed by atoms with Crippen molar-refractivity contribution in [3.8, 4) is 33.8 Å². The Morgan fingerprint density at radius 1 is 0.559 bits per heavy atom. The summed E-state index contributed by atoms with van der Waals surface area (Å²) >= 11 is 3.25. The molecule has 0 aliphatic heterocycles. The number of carbonyl (C=O) groups excluding carboxylic acids is 4. The molecule has 59 heavy (non-hydrogen) atoms. The molecule has 4 aromatic carbocycles. The van der Waals surface area contributed by atoms with E-state index in [-0.39, 0.29) is 39.5 Å². The highest BCUT2D eigenvalue weighted by atomic mass is 32.2. The van der Waals surface area contributed by atoms with E-state index in [9.17, 15) is 19.2 Å². The summed E-state index contributed by atoms with van der Waals surface area (Å²) < 4.78 is 33.4. The molecule has 312 valence electrons. The fourth-order valence-corrected chi connectivity index (χ4v) is 7.28. The fraction of sp³-hybridized carbons (Fsp3) is 0.289. The number of hydrogen-bond donors (Lipinski definition) is 2. The molecule has 4 rings (SSSR count). The van der Waals surface area contributed by atoms with Crippen LogP contribution in [0.15, 0.2) is 135 Å². The largest absolute Gasteiger partial charge is 0.490 e. The number of rotatable bonds is 26. The molecule has 0 bridgehead atoms. The zero-order chi connectivity index (χ0) is 41.9. The normalized spacial score (nSPS) is 11.5. The minimum absolute atomic E-state index is 0.0167. The lowest BCUT2D eigenvalue weighted by Gasteiger charge is -2.20. The predicted octanol–water partition coefficient (Wildman–Crippen LogP) is 7.98. The molecule has 0 aliphatic rings. The molecule has 0 radical (unpaired) electrons. The third-order valence-corrected chi connectivity index (χ3v) is 10.4. The molecular weight excluding hydrogens is 793 g/mol. The van der Waals surface area contributed by atoms with Crippen LogP contribution in [0, 0.1) is 0 Å². The molecule has 4 aromatic rings. The van der Waals surface area contributed by atoms with Crippen molar-refractivity contribution in [2.24, 2.45) is 0 Å². The maximum Gasteiger partial charge on any atom is 0.407 e. The average molecular weight is 843 g/mol. The van der Waals surface area contributed by atoms with Gasteiger partial charge in [-0.3, -0.25) is 0 Å². The summed E-state index contributed by atoms with van der Waals surface area (Å²) in [5, 5.41) is 5.20. The molecule has 0 heterocycles. The van der Waals surface area contributed by atoms with Gasteiger partial charge in [0.25, 0.3) is 0 Å². The molecule has 14 heteroatoms. The first-order valence-electron chi connectivity index (χ1n) is 19.0. The van der Waals surface area contributed by atoms with E-state index in [1.807, 2.05) is 109 Å². The third-order valence-electron chi connectivity index (χ3n) is 8.05. The van der Waals surface area contributed by atoms with Crippen LogP contribution in [-0.2, 0) is 28.5 Å². The first kappa shape index (κ1) is 45.8. The van der Waals surface area contributed by atoms with E-state index >= 15 is 0 Å². The number of amides is 2.